The molecule has 0 saturated carbocycles. The van der Waals surface area contributed by atoms with Crippen molar-refractivity contribution in [1.82, 2.24) is 0 Å². The number of unbranched alkanes of at least 4 members (excludes halogenated alkanes) is 1. The second-order valence-electron chi connectivity index (χ2n) is 6.47. The van der Waals surface area contributed by atoms with E-state index in [0.29, 0.717) is 12.4 Å². The van der Waals surface area contributed by atoms with Crippen LogP contribution in [-0.4, -0.2) is 25.2 Å². The van der Waals surface area contributed by atoms with E-state index in [4.69, 9.17) is 25.8 Å². The Balaban J connectivity index is 2.17. The van der Waals surface area contributed by atoms with E-state index in [0.717, 1.165) is 48.0 Å². The van der Waals surface area contributed by atoms with Crippen LogP contribution in [0.15, 0.2) is 30.3 Å². The summed E-state index contributed by atoms with van der Waals surface area (Å²) in [6.07, 6.45) is 4.19. The molecule has 1 atom stereocenters. The number of halogens is 1. The van der Waals surface area contributed by atoms with Crippen LogP contribution < -0.4 is 14.2 Å². The van der Waals surface area contributed by atoms with Gasteiger partial charge in [-0.2, -0.15) is 0 Å². The molecule has 138 valence electrons. The van der Waals surface area contributed by atoms with Crippen LogP contribution in [0.3, 0.4) is 0 Å². The summed E-state index contributed by atoms with van der Waals surface area (Å²) in [6, 6.07) is 10.0. The third-order valence-electron chi connectivity index (χ3n) is 4.11. The van der Waals surface area contributed by atoms with Gasteiger partial charge in [0.2, 0.25) is 0 Å². The number of hydrogen-bond acceptors (Lipinski definition) is 3. The predicted octanol–water partition coefficient (Wildman–Crippen LogP) is 6.20. The Bertz CT molecular complexity index is 669. The van der Waals surface area contributed by atoms with Crippen molar-refractivity contribution >= 4 is 22.4 Å². The van der Waals surface area contributed by atoms with Gasteiger partial charge in [-0.15, -0.1) is 11.6 Å². The number of hydrogen-bond donors (Lipinski definition) is 0. The molecule has 3 nitrogen and oxygen atoms in total. The number of fused-ring (bicyclic) bond motifs is 1. The number of benzene rings is 2. The molecule has 0 saturated heterocycles. The van der Waals surface area contributed by atoms with Gasteiger partial charge in [-0.3, -0.25) is 0 Å². The lowest BCUT2D eigenvalue weighted by Gasteiger charge is -2.18. The molecule has 1 unspecified atom stereocenters. The average molecular weight is 365 g/mol. The first-order chi connectivity index (χ1) is 12.1. The van der Waals surface area contributed by atoms with Crippen LogP contribution >= 0.6 is 11.6 Å². The summed E-state index contributed by atoms with van der Waals surface area (Å²) in [6.45, 7) is 6.82. The molecule has 2 aromatic rings. The molecular formula is C21H29ClO3. The summed E-state index contributed by atoms with van der Waals surface area (Å²) in [5.74, 6) is 2.31. The van der Waals surface area contributed by atoms with Gasteiger partial charge in [0, 0.05) is 22.2 Å². The second kappa shape index (κ2) is 9.76. The van der Waals surface area contributed by atoms with E-state index in [1.54, 1.807) is 7.11 Å². The van der Waals surface area contributed by atoms with Crippen molar-refractivity contribution in [3.8, 4) is 17.2 Å². The van der Waals surface area contributed by atoms with E-state index in [1.807, 2.05) is 38.1 Å². The van der Waals surface area contributed by atoms with Gasteiger partial charge in [-0.05, 0) is 39.5 Å². The quantitative estimate of drug-likeness (QED) is 0.371. The van der Waals surface area contributed by atoms with Crippen LogP contribution in [0, 0.1) is 0 Å². The predicted molar refractivity (Wildman–Crippen MR) is 106 cm³/mol. The van der Waals surface area contributed by atoms with Gasteiger partial charge < -0.3 is 14.2 Å². The lowest BCUT2D eigenvalue weighted by Crippen LogP contribution is -2.08. The molecule has 0 spiro atoms. The second-order valence-corrected chi connectivity index (χ2v) is 7.09. The lowest BCUT2D eigenvalue weighted by molar-refractivity contribution is 0.232. The van der Waals surface area contributed by atoms with Crippen LogP contribution in [-0.2, 0) is 0 Å². The highest BCUT2D eigenvalue weighted by molar-refractivity contribution is 6.20. The summed E-state index contributed by atoms with van der Waals surface area (Å²) in [5.41, 5.74) is 0. The van der Waals surface area contributed by atoms with Gasteiger partial charge >= 0.3 is 0 Å². The smallest absolute Gasteiger partial charge is 0.169 e. The zero-order chi connectivity index (χ0) is 18.2. The Hall–Kier alpha value is -1.61. The summed E-state index contributed by atoms with van der Waals surface area (Å²) in [7, 11) is 1.66. The number of alkyl halides is 1. The van der Waals surface area contributed by atoms with E-state index in [1.165, 1.54) is 0 Å². The molecule has 0 bridgehead atoms. The molecule has 2 rings (SSSR count). The monoisotopic (exact) mass is 364 g/mol. The minimum Gasteiger partial charge on any atom is -0.493 e. The first-order valence-corrected chi connectivity index (χ1v) is 9.53. The minimum absolute atomic E-state index is 0.0751. The van der Waals surface area contributed by atoms with Crippen molar-refractivity contribution in [3.63, 3.8) is 0 Å². The fourth-order valence-electron chi connectivity index (χ4n) is 2.77. The van der Waals surface area contributed by atoms with Gasteiger partial charge in [-0.25, -0.2) is 0 Å². The van der Waals surface area contributed by atoms with Crippen molar-refractivity contribution in [2.45, 2.75) is 57.9 Å². The van der Waals surface area contributed by atoms with Crippen LogP contribution in [0.25, 0.3) is 10.8 Å². The van der Waals surface area contributed by atoms with Gasteiger partial charge in [-0.1, -0.05) is 31.2 Å². The Morgan fingerprint density at radius 1 is 1.04 bits per heavy atom. The Morgan fingerprint density at radius 3 is 2.40 bits per heavy atom. The van der Waals surface area contributed by atoms with E-state index >= 15 is 0 Å². The molecule has 0 N–H and O–H groups in total. The molecule has 0 radical (unpaired) electrons. The van der Waals surface area contributed by atoms with E-state index in [-0.39, 0.29) is 11.5 Å². The maximum Gasteiger partial charge on any atom is 0.169 e. The highest BCUT2D eigenvalue weighted by Gasteiger charge is 2.16. The summed E-state index contributed by atoms with van der Waals surface area (Å²) in [5, 5.41) is 2.33. The summed E-state index contributed by atoms with van der Waals surface area (Å²) in [4.78, 5) is 0. The van der Waals surface area contributed by atoms with Gasteiger partial charge in [0.25, 0.3) is 0 Å². The third kappa shape index (κ3) is 5.43. The molecule has 0 amide bonds. The third-order valence-corrected chi connectivity index (χ3v) is 4.64. The highest BCUT2D eigenvalue weighted by atomic mass is 35.5. The SMILES string of the molecule is CCC(Cl)CCCCOc1cc(OC)c(OC(C)C)c2ccccc12. The molecule has 25 heavy (non-hydrogen) atoms. The summed E-state index contributed by atoms with van der Waals surface area (Å²) >= 11 is 6.17. The molecule has 4 heteroatoms. The molecule has 0 aliphatic heterocycles. The van der Waals surface area contributed by atoms with E-state index in [2.05, 4.69) is 13.0 Å². The summed E-state index contributed by atoms with van der Waals surface area (Å²) < 4.78 is 17.6. The fraction of sp³-hybridized carbons (Fsp3) is 0.524. The van der Waals surface area contributed by atoms with E-state index < -0.39 is 0 Å². The zero-order valence-electron chi connectivity index (χ0n) is 15.7. The molecular weight excluding hydrogens is 336 g/mol. The first-order valence-electron chi connectivity index (χ1n) is 9.10. The Kier molecular flexibility index (Phi) is 7.70. The Morgan fingerprint density at radius 2 is 1.76 bits per heavy atom. The van der Waals surface area contributed by atoms with Gasteiger partial charge in [0.05, 0.1) is 19.8 Å². The molecule has 0 heterocycles. The maximum absolute atomic E-state index is 6.17. The van der Waals surface area contributed by atoms with E-state index in [9.17, 15) is 0 Å². The molecule has 0 fully saturated rings. The van der Waals surface area contributed by atoms with Crippen molar-refractivity contribution in [2.24, 2.45) is 0 Å². The minimum atomic E-state index is 0.0751. The average Bonchev–Trinajstić information content (AvgIpc) is 2.62. The van der Waals surface area contributed by atoms with Crippen LogP contribution in [0.5, 0.6) is 17.2 Å². The van der Waals surface area contributed by atoms with Crippen molar-refractivity contribution in [2.75, 3.05) is 13.7 Å². The Labute approximate surface area is 156 Å². The van der Waals surface area contributed by atoms with Crippen molar-refractivity contribution in [3.05, 3.63) is 30.3 Å². The first kappa shape index (κ1) is 19.7. The van der Waals surface area contributed by atoms with Crippen LogP contribution in [0.4, 0.5) is 0 Å². The fourth-order valence-corrected chi connectivity index (χ4v) is 2.93. The van der Waals surface area contributed by atoms with Crippen molar-refractivity contribution < 1.29 is 14.2 Å². The maximum atomic E-state index is 6.17. The largest absolute Gasteiger partial charge is 0.493 e. The van der Waals surface area contributed by atoms with Gasteiger partial charge in [0.1, 0.15) is 5.75 Å². The number of methoxy groups -OCH3 is 1. The molecule has 0 aliphatic rings. The topological polar surface area (TPSA) is 27.7 Å². The van der Waals surface area contributed by atoms with Gasteiger partial charge in [0.15, 0.2) is 11.5 Å². The zero-order valence-corrected chi connectivity index (χ0v) is 16.4. The molecule has 0 aromatic heterocycles. The lowest BCUT2D eigenvalue weighted by atomic mass is 10.1. The van der Waals surface area contributed by atoms with Crippen LogP contribution in [0.1, 0.15) is 46.5 Å². The standard InChI is InChI=1S/C21H29ClO3/c1-5-16(22)10-8-9-13-24-19-14-20(23-4)21(25-15(2)3)18-12-7-6-11-17(18)19/h6-7,11-12,14-16H,5,8-10,13H2,1-4H3. The normalized spacial score (nSPS) is 12.4. The number of rotatable bonds is 10. The molecule has 2 aromatic carbocycles. The number of ether oxygens (including phenoxy) is 3. The highest BCUT2D eigenvalue weighted by Crippen LogP contribution is 2.42. The van der Waals surface area contributed by atoms with Crippen LogP contribution in [0.2, 0.25) is 0 Å². The van der Waals surface area contributed by atoms with Crippen molar-refractivity contribution in [1.29, 1.82) is 0 Å². The molecule has 0 aliphatic carbocycles.